The zero-order valence-corrected chi connectivity index (χ0v) is 18.5. The molecule has 0 radical (unpaired) electrons. The highest BCUT2D eigenvalue weighted by Crippen LogP contribution is 2.16. The molecule has 1 fully saturated rings. The quantitative estimate of drug-likeness (QED) is 0.234. The lowest BCUT2D eigenvalue weighted by Crippen LogP contribution is -2.43. The Morgan fingerprint density at radius 3 is 2.81 bits per heavy atom. The largest absolute Gasteiger partial charge is 0.467 e. The number of furan rings is 1. The first-order valence-corrected chi connectivity index (χ1v) is 9.58. The Hall–Kier alpha value is -0.800. The molecule has 26 heavy (non-hydrogen) atoms. The predicted octanol–water partition coefficient (Wildman–Crippen LogP) is 3.09. The first-order chi connectivity index (χ1) is 12.3. The van der Waals surface area contributed by atoms with Crippen molar-refractivity contribution in [3.8, 4) is 0 Å². The van der Waals surface area contributed by atoms with Crippen LogP contribution >= 0.6 is 24.0 Å². The van der Waals surface area contributed by atoms with Gasteiger partial charge in [0.05, 0.1) is 6.26 Å². The summed E-state index contributed by atoms with van der Waals surface area (Å²) < 4.78 is 10.8. The van der Waals surface area contributed by atoms with Gasteiger partial charge in [-0.1, -0.05) is 6.92 Å². The van der Waals surface area contributed by atoms with E-state index in [1.54, 1.807) is 6.26 Å². The Bertz CT molecular complexity index is 474. The molecule has 0 saturated carbocycles. The summed E-state index contributed by atoms with van der Waals surface area (Å²) >= 11 is 0. The topological polar surface area (TPSA) is 62.0 Å². The molecule has 0 aromatic carbocycles. The molecule has 0 aliphatic carbocycles. The molecule has 0 amide bonds. The number of hydrogen-bond acceptors (Lipinski definition) is 4. The smallest absolute Gasteiger partial charge is 0.190 e. The molecular weight excluding hydrogens is 443 g/mol. The number of nitrogens with one attached hydrogen (secondary N) is 2. The van der Waals surface area contributed by atoms with Crippen LogP contribution in [-0.2, 0) is 11.3 Å². The molecule has 2 N–H and O–H groups in total. The molecule has 1 aromatic rings. The van der Waals surface area contributed by atoms with Gasteiger partial charge in [0.25, 0.3) is 0 Å². The summed E-state index contributed by atoms with van der Waals surface area (Å²) in [5.41, 5.74) is 0. The molecule has 0 bridgehead atoms. The predicted molar refractivity (Wildman–Crippen MR) is 117 cm³/mol. The molecule has 6 nitrogen and oxygen atoms in total. The van der Waals surface area contributed by atoms with Crippen LogP contribution in [0.15, 0.2) is 27.8 Å². The fraction of sp³-hybridized carbons (Fsp3) is 0.737. The Morgan fingerprint density at radius 2 is 2.15 bits per heavy atom. The van der Waals surface area contributed by atoms with Crippen LogP contribution in [0.1, 0.15) is 38.4 Å². The fourth-order valence-electron chi connectivity index (χ4n) is 3.14. The number of likely N-dealkylation sites (tertiary alicyclic amines) is 1. The lowest BCUT2D eigenvalue weighted by Gasteiger charge is -2.32. The zero-order chi connectivity index (χ0) is 17.7. The third-order valence-corrected chi connectivity index (χ3v) is 4.61. The van der Waals surface area contributed by atoms with Gasteiger partial charge in [0.1, 0.15) is 12.4 Å². The summed E-state index contributed by atoms with van der Waals surface area (Å²) in [7, 11) is 1.83. The summed E-state index contributed by atoms with van der Waals surface area (Å²) in [6.07, 6.45) is 6.43. The van der Waals surface area contributed by atoms with Crippen molar-refractivity contribution in [3.05, 3.63) is 24.2 Å². The van der Waals surface area contributed by atoms with E-state index >= 15 is 0 Å². The highest BCUT2D eigenvalue weighted by molar-refractivity contribution is 14.0. The summed E-state index contributed by atoms with van der Waals surface area (Å²) in [6.45, 7) is 9.08. The van der Waals surface area contributed by atoms with E-state index in [4.69, 9.17) is 9.15 Å². The minimum atomic E-state index is 0. The Morgan fingerprint density at radius 1 is 1.35 bits per heavy atom. The first kappa shape index (κ1) is 23.2. The van der Waals surface area contributed by atoms with Gasteiger partial charge in [0, 0.05) is 26.7 Å². The van der Waals surface area contributed by atoms with Crippen LogP contribution in [0, 0.1) is 5.92 Å². The molecule has 1 aromatic heterocycles. The zero-order valence-electron chi connectivity index (χ0n) is 16.2. The highest BCUT2D eigenvalue weighted by atomic mass is 127. The number of hydrogen-bond donors (Lipinski definition) is 2. The molecular formula is C19H35IN4O2. The van der Waals surface area contributed by atoms with Gasteiger partial charge in [-0.2, -0.15) is 0 Å². The summed E-state index contributed by atoms with van der Waals surface area (Å²) in [5, 5.41) is 6.82. The van der Waals surface area contributed by atoms with E-state index in [2.05, 4.69) is 27.4 Å². The van der Waals surface area contributed by atoms with E-state index in [-0.39, 0.29) is 24.0 Å². The molecule has 1 aliphatic heterocycles. The van der Waals surface area contributed by atoms with Gasteiger partial charge in [-0.15, -0.1) is 24.0 Å². The van der Waals surface area contributed by atoms with Crippen molar-refractivity contribution in [2.75, 3.05) is 46.4 Å². The molecule has 150 valence electrons. The van der Waals surface area contributed by atoms with Gasteiger partial charge >= 0.3 is 0 Å². The van der Waals surface area contributed by atoms with E-state index < -0.39 is 0 Å². The van der Waals surface area contributed by atoms with Crippen LogP contribution in [-0.4, -0.2) is 57.2 Å². The molecule has 2 heterocycles. The third kappa shape index (κ3) is 9.23. The third-order valence-electron chi connectivity index (χ3n) is 4.61. The van der Waals surface area contributed by atoms with E-state index in [0.717, 1.165) is 37.1 Å². The number of rotatable bonds is 10. The van der Waals surface area contributed by atoms with Crippen LogP contribution in [0.25, 0.3) is 0 Å². The van der Waals surface area contributed by atoms with Crippen molar-refractivity contribution in [3.63, 3.8) is 0 Å². The molecule has 1 aliphatic rings. The number of ether oxygens (including phenoxy) is 1. The normalized spacial score (nSPS) is 16.3. The van der Waals surface area contributed by atoms with Crippen molar-refractivity contribution in [1.82, 2.24) is 15.5 Å². The minimum Gasteiger partial charge on any atom is -0.467 e. The SMILES string of the molecule is CCCN1CCC(CNC(=NC)NCCCOCc2ccco2)CC1.I. The highest BCUT2D eigenvalue weighted by Gasteiger charge is 2.18. The van der Waals surface area contributed by atoms with Gasteiger partial charge in [0.2, 0.25) is 0 Å². The summed E-state index contributed by atoms with van der Waals surface area (Å²) in [4.78, 5) is 6.88. The van der Waals surface area contributed by atoms with Gasteiger partial charge < -0.3 is 24.7 Å². The second kappa shape index (κ2) is 14.3. The van der Waals surface area contributed by atoms with Crippen LogP contribution in [0.5, 0.6) is 0 Å². The molecule has 0 atom stereocenters. The maximum atomic E-state index is 5.58. The average molecular weight is 478 g/mol. The monoisotopic (exact) mass is 478 g/mol. The Labute approximate surface area is 175 Å². The molecule has 0 spiro atoms. The van der Waals surface area contributed by atoms with E-state index in [1.807, 2.05) is 19.2 Å². The molecule has 2 rings (SSSR count). The second-order valence-electron chi connectivity index (χ2n) is 6.65. The number of nitrogens with zero attached hydrogens (tertiary/aromatic N) is 2. The van der Waals surface area contributed by atoms with Crippen LogP contribution in [0.2, 0.25) is 0 Å². The van der Waals surface area contributed by atoms with Crippen molar-refractivity contribution >= 4 is 29.9 Å². The minimum absolute atomic E-state index is 0. The molecule has 1 saturated heterocycles. The molecule has 7 heteroatoms. The van der Waals surface area contributed by atoms with Crippen molar-refractivity contribution in [1.29, 1.82) is 0 Å². The Balaban J connectivity index is 0.00000338. The van der Waals surface area contributed by atoms with Crippen molar-refractivity contribution in [2.24, 2.45) is 10.9 Å². The maximum absolute atomic E-state index is 5.58. The van der Waals surface area contributed by atoms with E-state index in [9.17, 15) is 0 Å². The fourth-order valence-corrected chi connectivity index (χ4v) is 3.14. The van der Waals surface area contributed by atoms with Gasteiger partial charge in [-0.05, 0) is 63.4 Å². The van der Waals surface area contributed by atoms with Gasteiger partial charge in [-0.3, -0.25) is 4.99 Å². The second-order valence-corrected chi connectivity index (χ2v) is 6.65. The summed E-state index contributed by atoms with van der Waals surface area (Å²) in [5.74, 6) is 2.51. The lowest BCUT2D eigenvalue weighted by atomic mass is 9.97. The first-order valence-electron chi connectivity index (χ1n) is 9.58. The standard InChI is InChI=1S/C19H34N4O2.HI/c1-3-10-23-11-7-17(8-12-23)15-22-19(20-2)21-9-5-13-24-16-18-6-4-14-25-18;/h4,6,14,17H,3,5,7-13,15-16H2,1-2H3,(H2,20,21,22);1H. The van der Waals surface area contributed by atoms with E-state index in [0.29, 0.717) is 13.2 Å². The number of aliphatic imine (C=N–C) groups is 1. The van der Waals surface area contributed by atoms with Crippen molar-refractivity contribution in [2.45, 2.75) is 39.2 Å². The molecule has 0 unspecified atom stereocenters. The van der Waals surface area contributed by atoms with Crippen LogP contribution in [0.3, 0.4) is 0 Å². The number of halogens is 1. The average Bonchev–Trinajstić information content (AvgIpc) is 3.15. The van der Waals surface area contributed by atoms with Crippen LogP contribution < -0.4 is 10.6 Å². The maximum Gasteiger partial charge on any atom is 0.190 e. The van der Waals surface area contributed by atoms with Crippen molar-refractivity contribution < 1.29 is 9.15 Å². The summed E-state index contributed by atoms with van der Waals surface area (Å²) in [6, 6.07) is 3.81. The van der Waals surface area contributed by atoms with Crippen LogP contribution in [0.4, 0.5) is 0 Å². The van der Waals surface area contributed by atoms with Gasteiger partial charge in [-0.25, -0.2) is 0 Å². The Kier molecular flexibility index (Phi) is 12.8. The number of guanidine groups is 1. The lowest BCUT2D eigenvalue weighted by molar-refractivity contribution is 0.105. The van der Waals surface area contributed by atoms with Gasteiger partial charge in [0.15, 0.2) is 5.96 Å². The van der Waals surface area contributed by atoms with E-state index in [1.165, 1.54) is 38.9 Å². The number of piperidine rings is 1.